The highest BCUT2D eigenvalue weighted by atomic mass is 35.5. The zero-order valence-electron chi connectivity index (χ0n) is 18.9. The van der Waals surface area contributed by atoms with Gasteiger partial charge < -0.3 is 5.32 Å². The molecule has 180 valence electrons. The lowest BCUT2D eigenvalue weighted by Crippen LogP contribution is -2.57. The van der Waals surface area contributed by atoms with Gasteiger partial charge in [-0.15, -0.1) is 0 Å². The van der Waals surface area contributed by atoms with E-state index in [0.717, 1.165) is 42.7 Å². The number of carbonyl (C=O) groups excluding carboxylic acids is 1. The first kappa shape index (κ1) is 24.8. The van der Waals surface area contributed by atoms with E-state index in [2.05, 4.69) is 10.3 Å². The second-order valence-corrected chi connectivity index (χ2v) is 10.8. The Labute approximate surface area is 225 Å². The first-order chi connectivity index (χ1) is 16.8. The predicted octanol–water partition coefficient (Wildman–Crippen LogP) is 7.19. The van der Waals surface area contributed by atoms with E-state index in [1.807, 2.05) is 42.5 Å². The quantitative estimate of drug-likeness (QED) is 0.277. The summed E-state index contributed by atoms with van der Waals surface area (Å²) in [6, 6.07) is 14.8. The number of amides is 1. The normalized spacial score (nSPS) is 20.9. The molecule has 0 bridgehead atoms. The minimum atomic E-state index is -0.139. The maximum Gasteiger partial charge on any atom is 0.351 e. The summed E-state index contributed by atoms with van der Waals surface area (Å²) in [6.07, 6.45) is 7.40. The van der Waals surface area contributed by atoms with Gasteiger partial charge in [-0.3, -0.25) is 0 Å². The van der Waals surface area contributed by atoms with Crippen molar-refractivity contribution in [3.8, 4) is 0 Å². The van der Waals surface area contributed by atoms with Gasteiger partial charge in [-0.05, 0) is 67.9 Å². The van der Waals surface area contributed by atoms with Crippen LogP contribution in [0.25, 0.3) is 6.08 Å². The van der Waals surface area contributed by atoms with Crippen LogP contribution in [0.5, 0.6) is 0 Å². The van der Waals surface area contributed by atoms with Gasteiger partial charge in [-0.2, -0.15) is 0 Å². The Hall–Kier alpha value is -1.92. The molecule has 4 nitrogen and oxygen atoms in total. The number of hydrogen-bond donors (Lipinski definition) is 1. The van der Waals surface area contributed by atoms with Crippen LogP contribution in [0.15, 0.2) is 60.8 Å². The number of quaternary nitrogens is 1. The molecule has 2 aromatic carbocycles. The van der Waals surface area contributed by atoms with Crippen LogP contribution in [-0.2, 0) is 5.41 Å². The topological polar surface area (TPSA) is 42.0 Å². The average Bonchev–Trinajstić information content (AvgIpc) is 3.11. The van der Waals surface area contributed by atoms with Crippen molar-refractivity contribution in [1.82, 2.24) is 14.8 Å². The highest BCUT2D eigenvalue weighted by Gasteiger charge is 2.57. The molecular weight excluding hydrogens is 524 g/mol. The Morgan fingerprint density at radius 2 is 1.86 bits per heavy atom. The number of pyridine rings is 1. The molecule has 8 heteroatoms. The molecule has 2 aliphatic rings. The minimum Gasteiger partial charge on any atom is -0.317 e. The number of nitrogens with zero attached hydrogens (tertiary/aromatic N) is 2. The summed E-state index contributed by atoms with van der Waals surface area (Å²) in [4.78, 5) is 18.4. The lowest BCUT2D eigenvalue weighted by atomic mass is 9.75. The molecule has 5 rings (SSSR count). The molecular formula is C27H24Cl4N3O+. The number of halogens is 4. The molecule has 3 aromatic rings. The van der Waals surface area contributed by atoms with Crippen LogP contribution in [0.3, 0.4) is 0 Å². The maximum atomic E-state index is 14.3. The molecule has 3 heterocycles. The van der Waals surface area contributed by atoms with Gasteiger partial charge in [0.25, 0.3) is 0 Å². The van der Waals surface area contributed by atoms with E-state index in [1.54, 1.807) is 24.4 Å². The van der Waals surface area contributed by atoms with E-state index in [1.165, 1.54) is 0 Å². The molecule has 0 radical (unpaired) electrons. The van der Waals surface area contributed by atoms with Crippen molar-refractivity contribution in [2.24, 2.45) is 0 Å². The highest BCUT2D eigenvalue weighted by molar-refractivity contribution is 6.42. The van der Waals surface area contributed by atoms with Gasteiger partial charge >= 0.3 is 5.91 Å². The van der Waals surface area contributed by atoms with Crippen LogP contribution in [0.1, 0.15) is 34.3 Å². The van der Waals surface area contributed by atoms with Gasteiger partial charge in [0.1, 0.15) is 23.9 Å². The van der Waals surface area contributed by atoms with Gasteiger partial charge in [0.05, 0.1) is 21.0 Å². The van der Waals surface area contributed by atoms with E-state index >= 15 is 0 Å². The van der Waals surface area contributed by atoms with Crippen LogP contribution < -0.4 is 9.80 Å². The smallest absolute Gasteiger partial charge is 0.317 e. The van der Waals surface area contributed by atoms with Gasteiger partial charge in [0.2, 0.25) is 0 Å². The Bertz CT molecular complexity index is 1320. The monoisotopic (exact) mass is 546 g/mol. The second-order valence-electron chi connectivity index (χ2n) is 9.22. The van der Waals surface area contributed by atoms with E-state index < -0.39 is 0 Å². The first-order valence-electron chi connectivity index (χ1n) is 11.5. The largest absolute Gasteiger partial charge is 0.351 e. The molecule has 0 aliphatic carbocycles. The summed E-state index contributed by atoms with van der Waals surface area (Å²) in [5.74, 6) is -0.0184. The summed E-state index contributed by atoms with van der Waals surface area (Å²) >= 11 is 25.3. The highest BCUT2D eigenvalue weighted by Crippen LogP contribution is 2.51. The van der Waals surface area contributed by atoms with Gasteiger partial charge in [0, 0.05) is 22.8 Å². The average molecular weight is 548 g/mol. The number of nitrogens with one attached hydrogen (secondary N) is 1. The molecule has 1 amide bonds. The van der Waals surface area contributed by atoms with E-state index in [4.69, 9.17) is 46.4 Å². The standard InChI is InChI=1S/C27H24Cl4N3O/c28-20-6-7-23-21(16-20)27(9-12-32-13-10-27)17-34(23,26(35)19-8-11-33-24(30)15-19)14-2-4-18-3-1-5-22(29)25(18)31/h1-8,11,15-16,32H,9-10,12-14,17H2/q+1/b4-2+. The number of piperidine rings is 1. The molecule has 1 saturated heterocycles. The molecule has 1 fully saturated rings. The summed E-state index contributed by atoms with van der Waals surface area (Å²) < 4.78 is 0.140. The summed E-state index contributed by atoms with van der Waals surface area (Å²) in [7, 11) is 0. The molecule has 1 aromatic heterocycles. The third-order valence-electron chi connectivity index (χ3n) is 7.18. The minimum absolute atomic E-state index is 0.0184. The Kier molecular flexibility index (Phi) is 6.97. The first-order valence-corrected chi connectivity index (χ1v) is 13.0. The van der Waals surface area contributed by atoms with Crippen molar-refractivity contribution in [2.45, 2.75) is 18.3 Å². The Morgan fingerprint density at radius 1 is 1.06 bits per heavy atom. The van der Waals surface area contributed by atoms with E-state index in [-0.39, 0.29) is 15.8 Å². The summed E-state index contributed by atoms with van der Waals surface area (Å²) in [5.41, 5.74) is 3.35. The molecule has 0 saturated carbocycles. The van der Waals surface area contributed by atoms with Crippen molar-refractivity contribution in [3.05, 3.63) is 97.7 Å². The molecule has 1 atom stereocenters. The van der Waals surface area contributed by atoms with Crippen molar-refractivity contribution < 1.29 is 4.79 Å². The number of hydrogen-bond acceptors (Lipinski definition) is 3. The van der Waals surface area contributed by atoms with Gasteiger partial charge in [0.15, 0.2) is 0 Å². The molecule has 2 aliphatic heterocycles. The zero-order valence-corrected chi connectivity index (χ0v) is 21.9. The Morgan fingerprint density at radius 3 is 2.63 bits per heavy atom. The SMILES string of the molecule is O=C(c1ccnc(Cl)c1)[N+]1(C/C=C/c2cccc(Cl)c2Cl)CC2(CCNCC2)c2cc(Cl)ccc21. The number of rotatable bonds is 4. The van der Waals surface area contributed by atoms with Crippen LogP contribution in [0.2, 0.25) is 20.2 Å². The predicted molar refractivity (Wildman–Crippen MR) is 146 cm³/mol. The van der Waals surface area contributed by atoms with E-state index in [9.17, 15) is 4.79 Å². The molecule has 1 spiro atoms. The second kappa shape index (κ2) is 9.85. The van der Waals surface area contributed by atoms with Crippen LogP contribution >= 0.6 is 46.4 Å². The third kappa shape index (κ3) is 4.53. The van der Waals surface area contributed by atoms with Crippen molar-refractivity contribution >= 4 is 64.1 Å². The fourth-order valence-electron chi connectivity index (χ4n) is 5.54. The van der Waals surface area contributed by atoms with Gasteiger partial charge in [-0.25, -0.2) is 14.3 Å². The fourth-order valence-corrected chi connectivity index (χ4v) is 6.26. The zero-order chi connectivity index (χ0) is 24.6. The van der Waals surface area contributed by atoms with Crippen LogP contribution in [0, 0.1) is 0 Å². The van der Waals surface area contributed by atoms with Crippen molar-refractivity contribution in [3.63, 3.8) is 0 Å². The molecule has 1 N–H and O–H groups in total. The number of carbonyl (C=O) groups is 1. The number of fused-ring (bicyclic) bond motifs is 2. The summed E-state index contributed by atoms with van der Waals surface area (Å²) in [6.45, 7) is 2.90. The fraction of sp³-hybridized carbons (Fsp3) is 0.259. The van der Waals surface area contributed by atoms with Crippen LogP contribution in [0.4, 0.5) is 5.69 Å². The Balaban J connectivity index is 1.64. The number of aromatic nitrogens is 1. The van der Waals surface area contributed by atoms with Gasteiger partial charge in [-0.1, -0.05) is 64.6 Å². The van der Waals surface area contributed by atoms with Crippen LogP contribution in [-0.4, -0.2) is 37.1 Å². The summed E-state index contributed by atoms with van der Waals surface area (Å²) in [5, 5.41) is 5.43. The molecule has 35 heavy (non-hydrogen) atoms. The third-order valence-corrected chi connectivity index (χ3v) is 8.46. The number of benzene rings is 2. The lowest BCUT2D eigenvalue weighted by molar-refractivity contribution is 0.0759. The van der Waals surface area contributed by atoms with Crippen molar-refractivity contribution in [2.75, 3.05) is 26.2 Å². The van der Waals surface area contributed by atoms with Crippen molar-refractivity contribution in [1.29, 1.82) is 0 Å². The molecule has 1 unspecified atom stereocenters. The van der Waals surface area contributed by atoms with E-state index in [0.29, 0.717) is 38.9 Å². The maximum absolute atomic E-state index is 14.3. The lowest BCUT2D eigenvalue weighted by Gasteiger charge is -2.36.